The number of aromatic nitrogens is 2. The van der Waals surface area contributed by atoms with Crippen LogP contribution in [0.5, 0.6) is 11.5 Å². The second kappa shape index (κ2) is 13.5. The van der Waals surface area contributed by atoms with E-state index in [-0.39, 0.29) is 22.8 Å². The first kappa shape index (κ1) is 29.2. The summed E-state index contributed by atoms with van der Waals surface area (Å²) < 4.78 is 25.4. The molecule has 0 bridgehead atoms. The fraction of sp³-hybridized carbons (Fsp3) is 0.367. The van der Waals surface area contributed by atoms with Crippen LogP contribution in [0.1, 0.15) is 49.2 Å². The molecule has 1 aromatic heterocycles. The molecule has 0 unspecified atom stereocenters. The highest BCUT2D eigenvalue weighted by Crippen LogP contribution is 2.33. The highest BCUT2D eigenvalue weighted by atomic mass is 19.1. The Labute approximate surface area is 230 Å². The number of nitrogens with one attached hydrogen (secondary N) is 2. The van der Waals surface area contributed by atoms with Gasteiger partial charge in [0.05, 0.1) is 31.0 Å². The molecular formula is C30H36FN5O3. The summed E-state index contributed by atoms with van der Waals surface area (Å²) in [5, 5.41) is 5.70. The van der Waals surface area contributed by atoms with Gasteiger partial charge in [-0.05, 0) is 36.1 Å². The fourth-order valence-corrected chi connectivity index (χ4v) is 4.01. The topological polar surface area (TPSA) is 88.6 Å². The maximum atomic E-state index is 14.7. The standard InChI is InChI=1S/C30H36FN5O3/c1-19(2)17-36(18-20(3)4)25-11-10-24(14-26(25)38-6)35-30-33-15-21(16-34-30)8-9-22-12-23(29(37)32-5)13-27(39-7)28(22)31/h10-16,19-20H,17-18H2,1-7H3,(H,32,37)(H,33,34,35). The zero-order valence-corrected chi connectivity index (χ0v) is 23.6. The van der Waals surface area contributed by atoms with E-state index in [4.69, 9.17) is 9.47 Å². The molecule has 0 aliphatic rings. The van der Waals surface area contributed by atoms with E-state index in [9.17, 15) is 9.18 Å². The van der Waals surface area contributed by atoms with Crippen molar-refractivity contribution in [2.24, 2.45) is 11.8 Å². The largest absolute Gasteiger partial charge is 0.495 e. The van der Waals surface area contributed by atoms with Crippen LogP contribution in [0.4, 0.5) is 21.7 Å². The van der Waals surface area contributed by atoms with Gasteiger partial charge in [0.1, 0.15) is 5.75 Å². The molecule has 3 aromatic rings. The first-order valence-electron chi connectivity index (χ1n) is 12.8. The molecule has 0 radical (unpaired) electrons. The number of amides is 1. The van der Waals surface area contributed by atoms with Crippen molar-refractivity contribution in [3.05, 3.63) is 65.2 Å². The van der Waals surface area contributed by atoms with Crippen molar-refractivity contribution in [2.75, 3.05) is 44.6 Å². The molecule has 0 aliphatic heterocycles. The molecule has 0 spiro atoms. The predicted molar refractivity (Wildman–Crippen MR) is 153 cm³/mol. The summed E-state index contributed by atoms with van der Waals surface area (Å²) in [6.45, 7) is 10.7. The molecule has 2 N–H and O–H groups in total. The number of carbonyl (C=O) groups excluding carboxylic acids is 1. The third-order valence-corrected chi connectivity index (χ3v) is 5.69. The van der Waals surface area contributed by atoms with Crippen molar-refractivity contribution in [3.63, 3.8) is 0 Å². The highest BCUT2D eigenvalue weighted by molar-refractivity contribution is 5.94. The van der Waals surface area contributed by atoms with Crippen LogP contribution in [-0.2, 0) is 0 Å². The maximum absolute atomic E-state index is 14.7. The van der Waals surface area contributed by atoms with Crippen molar-refractivity contribution < 1.29 is 18.7 Å². The number of ether oxygens (including phenoxy) is 2. The SMILES string of the molecule is CNC(=O)c1cc(C#Cc2cnc(Nc3ccc(N(CC(C)C)CC(C)C)c(OC)c3)nc2)c(F)c(OC)c1. The first-order valence-corrected chi connectivity index (χ1v) is 12.8. The molecule has 39 heavy (non-hydrogen) atoms. The number of rotatable bonds is 10. The molecule has 2 aromatic carbocycles. The van der Waals surface area contributed by atoms with Gasteiger partial charge >= 0.3 is 0 Å². The van der Waals surface area contributed by atoms with Crippen LogP contribution in [0, 0.1) is 29.5 Å². The summed E-state index contributed by atoms with van der Waals surface area (Å²) in [4.78, 5) is 23.0. The van der Waals surface area contributed by atoms with Crippen LogP contribution in [0.3, 0.4) is 0 Å². The van der Waals surface area contributed by atoms with Gasteiger partial charge in [-0.2, -0.15) is 0 Å². The van der Waals surface area contributed by atoms with Gasteiger partial charge in [-0.1, -0.05) is 39.5 Å². The van der Waals surface area contributed by atoms with Gasteiger partial charge in [0, 0.05) is 49.8 Å². The van der Waals surface area contributed by atoms with Crippen LogP contribution >= 0.6 is 0 Å². The molecule has 0 fully saturated rings. The van der Waals surface area contributed by atoms with Gasteiger partial charge in [0.25, 0.3) is 5.91 Å². The second-order valence-corrected chi connectivity index (χ2v) is 9.87. The summed E-state index contributed by atoms with van der Waals surface area (Å²) in [5.74, 6) is 6.68. The summed E-state index contributed by atoms with van der Waals surface area (Å²) in [6, 6.07) is 8.65. The smallest absolute Gasteiger partial charge is 0.251 e. The number of halogens is 1. The number of nitrogens with zero attached hydrogens (tertiary/aromatic N) is 3. The number of hydrogen-bond donors (Lipinski definition) is 2. The van der Waals surface area contributed by atoms with Gasteiger partial charge in [-0.25, -0.2) is 14.4 Å². The minimum Gasteiger partial charge on any atom is -0.495 e. The Hall–Kier alpha value is -4.32. The monoisotopic (exact) mass is 533 g/mol. The van der Waals surface area contributed by atoms with Crippen LogP contribution in [0.15, 0.2) is 42.7 Å². The second-order valence-electron chi connectivity index (χ2n) is 9.87. The Morgan fingerprint density at radius 2 is 1.62 bits per heavy atom. The zero-order valence-electron chi connectivity index (χ0n) is 23.6. The van der Waals surface area contributed by atoms with Crippen molar-refractivity contribution >= 4 is 23.2 Å². The van der Waals surface area contributed by atoms with Crippen LogP contribution in [-0.4, -0.2) is 50.2 Å². The zero-order chi connectivity index (χ0) is 28.5. The van der Waals surface area contributed by atoms with Crippen LogP contribution in [0.25, 0.3) is 0 Å². The Balaban J connectivity index is 1.80. The minimum absolute atomic E-state index is 0.0336. The average molecular weight is 534 g/mol. The van der Waals surface area contributed by atoms with Crippen molar-refractivity contribution in [3.8, 4) is 23.3 Å². The Bertz CT molecular complexity index is 1340. The Morgan fingerprint density at radius 1 is 0.974 bits per heavy atom. The van der Waals surface area contributed by atoms with Crippen molar-refractivity contribution in [1.29, 1.82) is 0 Å². The van der Waals surface area contributed by atoms with E-state index in [2.05, 4.69) is 65.0 Å². The molecule has 8 nitrogen and oxygen atoms in total. The summed E-state index contributed by atoms with van der Waals surface area (Å²) >= 11 is 0. The summed E-state index contributed by atoms with van der Waals surface area (Å²) in [7, 11) is 4.49. The molecule has 1 heterocycles. The summed E-state index contributed by atoms with van der Waals surface area (Å²) in [6.07, 6.45) is 3.08. The lowest BCUT2D eigenvalue weighted by atomic mass is 10.1. The molecule has 1 amide bonds. The molecule has 0 saturated carbocycles. The fourth-order valence-electron chi connectivity index (χ4n) is 4.01. The van der Waals surface area contributed by atoms with Gasteiger partial charge in [-0.3, -0.25) is 4.79 Å². The number of benzene rings is 2. The van der Waals surface area contributed by atoms with E-state index >= 15 is 0 Å². The Kier molecular flexibility index (Phi) is 10.1. The third kappa shape index (κ3) is 7.84. The van der Waals surface area contributed by atoms with E-state index in [0.717, 1.165) is 30.2 Å². The Morgan fingerprint density at radius 3 is 2.18 bits per heavy atom. The normalized spacial score (nSPS) is 10.6. The van der Waals surface area contributed by atoms with Gasteiger partial charge in [-0.15, -0.1) is 0 Å². The van der Waals surface area contributed by atoms with Crippen LogP contribution in [0.2, 0.25) is 0 Å². The number of anilines is 3. The molecule has 9 heteroatoms. The quantitative estimate of drug-likeness (QED) is 0.344. The average Bonchev–Trinajstić information content (AvgIpc) is 2.91. The molecular weight excluding hydrogens is 497 g/mol. The lowest BCUT2D eigenvalue weighted by Crippen LogP contribution is -2.31. The lowest BCUT2D eigenvalue weighted by Gasteiger charge is -2.30. The third-order valence-electron chi connectivity index (χ3n) is 5.69. The van der Waals surface area contributed by atoms with Crippen molar-refractivity contribution in [1.82, 2.24) is 15.3 Å². The molecule has 206 valence electrons. The van der Waals surface area contributed by atoms with Gasteiger partial charge in [0.2, 0.25) is 5.95 Å². The van der Waals surface area contributed by atoms with E-state index < -0.39 is 5.82 Å². The van der Waals surface area contributed by atoms with Crippen molar-refractivity contribution in [2.45, 2.75) is 27.7 Å². The maximum Gasteiger partial charge on any atom is 0.251 e. The van der Waals surface area contributed by atoms with E-state index in [1.54, 1.807) is 19.5 Å². The molecule has 0 saturated heterocycles. The number of methoxy groups -OCH3 is 2. The molecule has 0 atom stereocenters. The minimum atomic E-state index is -0.644. The van der Waals surface area contributed by atoms with Gasteiger partial charge in [0.15, 0.2) is 11.6 Å². The summed E-state index contributed by atoms with van der Waals surface area (Å²) in [5.41, 5.74) is 2.58. The van der Waals surface area contributed by atoms with E-state index in [0.29, 0.717) is 23.3 Å². The molecule has 3 rings (SSSR count). The van der Waals surface area contributed by atoms with Gasteiger partial charge < -0.3 is 25.0 Å². The van der Waals surface area contributed by atoms with E-state index in [1.165, 1.54) is 26.3 Å². The molecule has 0 aliphatic carbocycles. The number of hydrogen-bond acceptors (Lipinski definition) is 7. The first-order chi connectivity index (χ1) is 18.6. The lowest BCUT2D eigenvalue weighted by molar-refractivity contribution is 0.0962. The number of carbonyl (C=O) groups is 1. The van der Waals surface area contributed by atoms with Crippen LogP contribution < -0.4 is 25.0 Å². The van der Waals surface area contributed by atoms with E-state index in [1.807, 2.05) is 18.2 Å². The predicted octanol–water partition coefficient (Wildman–Crippen LogP) is 5.25. The highest BCUT2D eigenvalue weighted by Gasteiger charge is 2.16.